The standard InChI is InChI=1S/C21H21F3N2O6/c1-12(19(28)26-15-6-4-14(5-7-15)21(22,23)24)32-18(27)11-25-20(29)13-8-16(30-2)10-17(9-13)31-3/h4-10,12H,11H2,1-3H3,(H,25,29)(H,26,28). The van der Waals surface area contributed by atoms with E-state index in [1.165, 1.54) is 33.3 Å². The summed E-state index contributed by atoms with van der Waals surface area (Å²) in [5, 5.41) is 4.70. The van der Waals surface area contributed by atoms with Crippen LogP contribution in [-0.4, -0.2) is 44.7 Å². The molecule has 8 nitrogen and oxygen atoms in total. The molecular formula is C21H21F3N2O6. The minimum absolute atomic E-state index is 0.103. The maximum absolute atomic E-state index is 12.6. The first-order valence-corrected chi connectivity index (χ1v) is 9.22. The van der Waals surface area contributed by atoms with E-state index < -0.39 is 42.2 Å². The van der Waals surface area contributed by atoms with Crippen molar-refractivity contribution >= 4 is 23.5 Å². The van der Waals surface area contributed by atoms with E-state index >= 15 is 0 Å². The highest BCUT2D eigenvalue weighted by Gasteiger charge is 2.30. The lowest BCUT2D eigenvalue weighted by atomic mass is 10.2. The molecule has 0 aromatic heterocycles. The fourth-order valence-electron chi connectivity index (χ4n) is 2.47. The minimum Gasteiger partial charge on any atom is -0.497 e. The molecular weight excluding hydrogens is 433 g/mol. The molecule has 0 saturated carbocycles. The summed E-state index contributed by atoms with van der Waals surface area (Å²) >= 11 is 0. The zero-order valence-electron chi connectivity index (χ0n) is 17.4. The third-order valence-electron chi connectivity index (χ3n) is 4.16. The Hall–Kier alpha value is -3.76. The number of anilines is 1. The number of halogens is 3. The van der Waals surface area contributed by atoms with E-state index in [4.69, 9.17) is 14.2 Å². The fraction of sp³-hybridized carbons (Fsp3) is 0.286. The minimum atomic E-state index is -4.49. The predicted octanol–water partition coefficient (Wildman–Crippen LogP) is 3.02. The van der Waals surface area contributed by atoms with Crippen LogP contribution < -0.4 is 20.1 Å². The van der Waals surface area contributed by atoms with Crippen molar-refractivity contribution in [3.63, 3.8) is 0 Å². The second-order valence-electron chi connectivity index (χ2n) is 6.48. The van der Waals surface area contributed by atoms with E-state index in [1.807, 2.05) is 0 Å². The number of carbonyl (C=O) groups excluding carboxylic acids is 3. The molecule has 2 aromatic rings. The molecule has 0 spiro atoms. The van der Waals surface area contributed by atoms with Gasteiger partial charge in [0.05, 0.1) is 19.8 Å². The number of rotatable bonds is 8. The maximum Gasteiger partial charge on any atom is 0.416 e. The Morgan fingerprint density at radius 1 is 0.969 bits per heavy atom. The van der Waals surface area contributed by atoms with Gasteiger partial charge in [-0.25, -0.2) is 0 Å². The van der Waals surface area contributed by atoms with Crippen molar-refractivity contribution in [2.24, 2.45) is 0 Å². The summed E-state index contributed by atoms with van der Waals surface area (Å²) in [5.41, 5.74) is -0.576. The Kier molecular flexibility index (Phi) is 8.05. The number of carbonyl (C=O) groups is 3. The van der Waals surface area contributed by atoms with Gasteiger partial charge in [0.25, 0.3) is 11.8 Å². The summed E-state index contributed by atoms with van der Waals surface area (Å²) in [6, 6.07) is 8.26. The summed E-state index contributed by atoms with van der Waals surface area (Å²) in [6.45, 7) is 0.766. The van der Waals surface area contributed by atoms with Crippen LogP contribution in [0.3, 0.4) is 0 Å². The van der Waals surface area contributed by atoms with E-state index in [0.29, 0.717) is 11.5 Å². The molecule has 2 aromatic carbocycles. The average Bonchev–Trinajstić information content (AvgIpc) is 2.76. The third kappa shape index (κ3) is 6.89. The highest BCUT2D eigenvalue weighted by molar-refractivity contribution is 5.97. The first-order valence-electron chi connectivity index (χ1n) is 9.22. The summed E-state index contributed by atoms with van der Waals surface area (Å²) in [6.07, 6.45) is -5.75. The number of nitrogens with one attached hydrogen (secondary N) is 2. The molecule has 2 rings (SSSR count). The number of benzene rings is 2. The molecule has 0 heterocycles. The van der Waals surface area contributed by atoms with Crippen molar-refractivity contribution in [1.29, 1.82) is 0 Å². The molecule has 0 aliphatic rings. The first-order chi connectivity index (χ1) is 15.0. The predicted molar refractivity (Wildman–Crippen MR) is 108 cm³/mol. The van der Waals surface area contributed by atoms with Gasteiger partial charge in [-0.05, 0) is 43.3 Å². The normalized spacial score (nSPS) is 11.8. The van der Waals surface area contributed by atoms with Crippen LogP contribution >= 0.6 is 0 Å². The largest absolute Gasteiger partial charge is 0.497 e. The highest BCUT2D eigenvalue weighted by atomic mass is 19.4. The van der Waals surface area contributed by atoms with Crippen LogP contribution in [-0.2, 0) is 20.5 Å². The van der Waals surface area contributed by atoms with Crippen LogP contribution in [0.5, 0.6) is 11.5 Å². The van der Waals surface area contributed by atoms with E-state index in [0.717, 1.165) is 24.3 Å². The second kappa shape index (κ2) is 10.5. The summed E-state index contributed by atoms with van der Waals surface area (Å²) in [7, 11) is 2.84. The fourth-order valence-corrected chi connectivity index (χ4v) is 2.47. The molecule has 0 bridgehead atoms. The zero-order chi connectivity index (χ0) is 23.9. The lowest BCUT2D eigenvalue weighted by Gasteiger charge is -2.14. The topological polar surface area (TPSA) is 103 Å². The van der Waals surface area contributed by atoms with Crippen molar-refractivity contribution in [2.75, 3.05) is 26.1 Å². The number of methoxy groups -OCH3 is 2. The summed E-state index contributed by atoms with van der Waals surface area (Å²) in [4.78, 5) is 36.3. The third-order valence-corrected chi connectivity index (χ3v) is 4.16. The van der Waals surface area contributed by atoms with Gasteiger partial charge in [0, 0.05) is 17.3 Å². The lowest BCUT2D eigenvalue weighted by Crippen LogP contribution is -2.35. The zero-order valence-corrected chi connectivity index (χ0v) is 17.4. The quantitative estimate of drug-likeness (QED) is 0.595. The van der Waals surface area contributed by atoms with Crippen LogP contribution in [0, 0.1) is 0 Å². The van der Waals surface area contributed by atoms with Crippen molar-refractivity contribution in [1.82, 2.24) is 5.32 Å². The second-order valence-corrected chi connectivity index (χ2v) is 6.48. The molecule has 32 heavy (non-hydrogen) atoms. The van der Waals surface area contributed by atoms with Gasteiger partial charge in [0.1, 0.15) is 18.0 Å². The molecule has 172 valence electrons. The average molecular weight is 454 g/mol. The molecule has 1 atom stereocenters. The molecule has 0 fully saturated rings. The first kappa shape index (κ1) is 24.5. The molecule has 11 heteroatoms. The van der Waals surface area contributed by atoms with E-state index in [1.54, 1.807) is 6.07 Å². The van der Waals surface area contributed by atoms with Crippen molar-refractivity contribution in [3.05, 3.63) is 53.6 Å². The van der Waals surface area contributed by atoms with Gasteiger partial charge < -0.3 is 24.8 Å². The number of ether oxygens (including phenoxy) is 3. The Bertz CT molecular complexity index is 954. The van der Waals surface area contributed by atoms with Gasteiger partial charge in [-0.15, -0.1) is 0 Å². The Morgan fingerprint density at radius 3 is 2.03 bits per heavy atom. The smallest absolute Gasteiger partial charge is 0.416 e. The maximum atomic E-state index is 12.6. The number of esters is 1. The van der Waals surface area contributed by atoms with Gasteiger partial charge in [0.2, 0.25) is 0 Å². The van der Waals surface area contributed by atoms with Crippen molar-refractivity contribution in [2.45, 2.75) is 19.2 Å². The van der Waals surface area contributed by atoms with E-state index in [-0.39, 0.29) is 11.3 Å². The van der Waals surface area contributed by atoms with Gasteiger partial charge >= 0.3 is 12.1 Å². The van der Waals surface area contributed by atoms with Gasteiger partial charge in [-0.1, -0.05) is 0 Å². The number of hydrogen-bond donors (Lipinski definition) is 2. The Morgan fingerprint density at radius 2 is 1.53 bits per heavy atom. The van der Waals surface area contributed by atoms with Crippen molar-refractivity contribution < 1.29 is 41.8 Å². The van der Waals surface area contributed by atoms with Gasteiger partial charge in [-0.3, -0.25) is 14.4 Å². The molecule has 0 aliphatic heterocycles. The number of hydrogen-bond acceptors (Lipinski definition) is 6. The SMILES string of the molecule is COc1cc(OC)cc(C(=O)NCC(=O)OC(C)C(=O)Nc2ccc(C(F)(F)F)cc2)c1. The van der Waals surface area contributed by atoms with Crippen LogP contribution in [0.25, 0.3) is 0 Å². The lowest BCUT2D eigenvalue weighted by molar-refractivity contribution is -0.152. The van der Waals surface area contributed by atoms with Gasteiger partial charge in [-0.2, -0.15) is 13.2 Å². The van der Waals surface area contributed by atoms with Crippen LogP contribution in [0.15, 0.2) is 42.5 Å². The van der Waals surface area contributed by atoms with Crippen LogP contribution in [0.4, 0.5) is 18.9 Å². The molecule has 0 radical (unpaired) electrons. The van der Waals surface area contributed by atoms with Crippen LogP contribution in [0.1, 0.15) is 22.8 Å². The number of alkyl halides is 3. The van der Waals surface area contributed by atoms with Gasteiger partial charge in [0.15, 0.2) is 6.10 Å². The molecule has 0 aliphatic carbocycles. The monoisotopic (exact) mass is 454 g/mol. The Balaban J connectivity index is 1.87. The summed E-state index contributed by atoms with van der Waals surface area (Å²) < 4.78 is 52.8. The van der Waals surface area contributed by atoms with Crippen molar-refractivity contribution in [3.8, 4) is 11.5 Å². The highest BCUT2D eigenvalue weighted by Crippen LogP contribution is 2.29. The summed E-state index contributed by atoms with van der Waals surface area (Å²) in [5.74, 6) is -1.47. The molecule has 0 saturated heterocycles. The molecule has 2 amide bonds. The van der Waals surface area contributed by atoms with E-state index in [2.05, 4.69) is 10.6 Å². The molecule has 1 unspecified atom stereocenters. The van der Waals surface area contributed by atoms with Crippen LogP contribution in [0.2, 0.25) is 0 Å². The molecule has 2 N–H and O–H groups in total. The Labute approximate surface area is 181 Å². The number of amides is 2. The van der Waals surface area contributed by atoms with E-state index in [9.17, 15) is 27.6 Å².